The fourth-order valence-corrected chi connectivity index (χ4v) is 2.40. The summed E-state index contributed by atoms with van der Waals surface area (Å²) in [5.74, 6) is 0.276. The van der Waals surface area contributed by atoms with Gasteiger partial charge in [0, 0.05) is 19.0 Å². The third-order valence-corrected chi connectivity index (χ3v) is 3.75. The molecule has 28 heavy (non-hydrogen) atoms. The van der Waals surface area contributed by atoms with Crippen molar-refractivity contribution in [2.75, 3.05) is 20.3 Å². The number of ether oxygens (including phenoxy) is 2. The number of nitrogens with one attached hydrogen (secondary N) is 1. The van der Waals surface area contributed by atoms with Crippen LogP contribution in [0.5, 0.6) is 11.5 Å². The first-order valence-electron chi connectivity index (χ1n) is 8.26. The van der Waals surface area contributed by atoms with Crippen molar-refractivity contribution in [3.63, 3.8) is 0 Å². The van der Waals surface area contributed by atoms with Crippen LogP contribution in [0.4, 0.5) is 13.2 Å². The largest absolute Gasteiger partial charge is 0.456 e. The molecule has 0 aliphatic carbocycles. The van der Waals surface area contributed by atoms with E-state index in [1.807, 2.05) is 0 Å². The second-order valence-electron chi connectivity index (χ2n) is 5.78. The van der Waals surface area contributed by atoms with Gasteiger partial charge in [0.25, 0.3) is 5.91 Å². The van der Waals surface area contributed by atoms with Crippen LogP contribution in [0.2, 0.25) is 0 Å². The van der Waals surface area contributed by atoms with Gasteiger partial charge < -0.3 is 14.8 Å². The van der Waals surface area contributed by atoms with Crippen LogP contribution in [0.1, 0.15) is 16.2 Å². The molecule has 3 rings (SSSR count). The molecule has 0 fully saturated rings. The molecule has 0 saturated carbocycles. The third kappa shape index (κ3) is 4.74. The second-order valence-corrected chi connectivity index (χ2v) is 5.78. The number of benzene rings is 1. The first-order chi connectivity index (χ1) is 13.4. The van der Waals surface area contributed by atoms with E-state index in [2.05, 4.69) is 15.3 Å². The molecule has 3 aromatic rings. The molecule has 1 amide bonds. The summed E-state index contributed by atoms with van der Waals surface area (Å²) in [5, 5.41) is 3.40. The van der Waals surface area contributed by atoms with Crippen molar-refractivity contribution in [1.29, 1.82) is 0 Å². The first kappa shape index (κ1) is 19.6. The van der Waals surface area contributed by atoms with Crippen molar-refractivity contribution in [1.82, 2.24) is 15.3 Å². The van der Waals surface area contributed by atoms with Crippen molar-refractivity contribution in [2.24, 2.45) is 0 Å². The van der Waals surface area contributed by atoms with Crippen LogP contribution in [0.3, 0.4) is 0 Å². The van der Waals surface area contributed by atoms with Gasteiger partial charge in [-0.05, 0) is 36.4 Å². The third-order valence-electron chi connectivity index (χ3n) is 3.75. The summed E-state index contributed by atoms with van der Waals surface area (Å²) >= 11 is 0. The van der Waals surface area contributed by atoms with E-state index in [-0.39, 0.29) is 17.4 Å². The predicted octanol–water partition coefficient (Wildman–Crippen LogP) is 3.82. The van der Waals surface area contributed by atoms with Gasteiger partial charge in [-0.2, -0.15) is 13.2 Å². The summed E-state index contributed by atoms with van der Waals surface area (Å²) in [5.41, 5.74) is -0.139. The van der Waals surface area contributed by atoms with Crippen molar-refractivity contribution >= 4 is 16.8 Å². The fraction of sp³-hybridized carbons (Fsp3) is 0.211. The summed E-state index contributed by atoms with van der Waals surface area (Å²) in [4.78, 5) is 19.7. The highest BCUT2D eigenvalue weighted by molar-refractivity contribution is 5.95. The molecule has 2 heterocycles. The summed E-state index contributed by atoms with van der Waals surface area (Å²) in [7, 11) is 1.54. The monoisotopic (exact) mass is 391 g/mol. The molecule has 6 nitrogen and oxygen atoms in total. The summed E-state index contributed by atoms with van der Waals surface area (Å²) in [6.45, 7) is 0.780. The Kier molecular flexibility index (Phi) is 5.74. The highest BCUT2D eigenvalue weighted by Crippen LogP contribution is 2.30. The average molecular weight is 391 g/mol. The number of amides is 1. The van der Waals surface area contributed by atoms with Crippen LogP contribution in [-0.2, 0) is 10.9 Å². The fourth-order valence-electron chi connectivity index (χ4n) is 2.40. The Balaban J connectivity index is 1.74. The predicted molar refractivity (Wildman–Crippen MR) is 95.3 cm³/mol. The number of fused-ring (bicyclic) bond motifs is 1. The lowest BCUT2D eigenvalue weighted by atomic mass is 10.2. The number of hydrogen-bond donors (Lipinski definition) is 1. The molecule has 0 aliphatic heterocycles. The van der Waals surface area contributed by atoms with Gasteiger partial charge in [0.15, 0.2) is 0 Å². The van der Waals surface area contributed by atoms with E-state index < -0.39 is 11.9 Å². The molecule has 1 aromatic carbocycles. The number of pyridine rings is 2. The molecule has 0 atom stereocenters. The molecule has 1 N–H and O–H groups in total. The maximum atomic E-state index is 12.6. The van der Waals surface area contributed by atoms with Crippen LogP contribution in [0, 0.1) is 0 Å². The Morgan fingerprint density at radius 2 is 1.89 bits per heavy atom. The number of methoxy groups -OCH3 is 1. The topological polar surface area (TPSA) is 73.3 Å². The average Bonchev–Trinajstić information content (AvgIpc) is 2.67. The van der Waals surface area contributed by atoms with E-state index in [9.17, 15) is 18.0 Å². The minimum Gasteiger partial charge on any atom is -0.456 e. The maximum absolute atomic E-state index is 12.6. The second kappa shape index (κ2) is 8.22. The van der Waals surface area contributed by atoms with Crippen LogP contribution in [-0.4, -0.2) is 36.1 Å². The van der Waals surface area contributed by atoms with Crippen molar-refractivity contribution in [2.45, 2.75) is 6.18 Å². The van der Waals surface area contributed by atoms with E-state index in [1.54, 1.807) is 37.4 Å². The Hall–Kier alpha value is -3.20. The van der Waals surface area contributed by atoms with Gasteiger partial charge in [0.2, 0.25) is 0 Å². The number of halogens is 3. The molecule has 9 heteroatoms. The van der Waals surface area contributed by atoms with Gasteiger partial charge in [-0.3, -0.25) is 4.79 Å². The minimum atomic E-state index is -4.50. The molecule has 0 bridgehead atoms. The SMILES string of the molecule is COCCNC(=O)c1ccc2cc(Oc3ccc(C(F)(F)F)nc3)ccc2n1. The maximum Gasteiger partial charge on any atom is 0.433 e. The van der Waals surface area contributed by atoms with Gasteiger partial charge in [0.05, 0.1) is 18.3 Å². The van der Waals surface area contributed by atoms with Gasteiger partial charge >= 0.3 is 6.18 Å². The van der Waals surface area contributed by atoms with Crippen LogP contribution in [0.25, 0.3) is 10.9 Å². The Morgan fingerprint density at radius 3 is 2.57 bits per heavy atom. The summed E-state index contributed by atoms with van der Waals surface area (Å²) in [6.07, 6.45) is -3.49. The molecule has 2 aromatic heterocycles. The Morgan fingerprint density at radius 1 is 1.11 bits per heavy atom. The normalized spacial score (nSPS) is 11.4. The van der Waals surface area contributed by atoms with Crippen LogP contribution in [0.15, 0.2) is 48.7 Å². The summed E-state index contributed by atoms with van der Waals surface area (Å²) < 4.78 is 48.1. The molecular weight excluding hydrogens is 375 g/mol. The number of carbonyl (C=O) groups excluding carboxylic acids is 1. The zero-order valence-corrected chi connectivity index (χ0v) is 14.8. The zero-order chi connectivity index (χ0) is 20.1. The van der Waals surface area contributed by atoms with Crippen LogP contribution < -0.4 is 10.1 Å². The first-order valence-corrected chi connectivity index (χ1v) is 8.26. The van der Waals surface area contributed by atoms with E-state index >= 15 is 0 Å². The lowest BCUT2D eigenvalue weighted by Crippen LogP contribution is -2.27. The lowest BCUT2D eigenvalue weighted by Gasteiger charge is -2.09. The van der Waals surface area contributed by atoms with Crippen molar-refractivity contribution in [3.8, 4) is 11.5 Å². The highest BCUT2D eigenvalue weighted by Gasteiger charge is 2.32. The molecule has 0 radical (unpaired) electrons. The zero-order valence-electron chi connectivity index (χ0n) is 14.8. The lowest BCUT2D eigenvalue weighted by molar-refractivity contribution is -0.141. The Labute approximate surface area is 158 Å². The number of aromatic nitrogens is 2. The number of alkyl halides is 3. The molecule has 0 unspecified atom stereocenters. The van der Waals surface area contributed by atoms with E-state index in [0.717, 1.165) is 12.3 Å². The minimum absolute atomic E-state index is 0.175. The van der Waals surface area contributed by atoms with E-state index in [0.29, 0.717) is 29.8 Å². The van der Waals surface area contributed by atoms with Crippen LogP contribution >= 0.6 is 0 Å². The quantitative estimate of drug-likeness (QED) is 0.647. The number of hydrogen-bond acceptors (Lipinski definition) is 5. The highest BCUT2D eigenvalue weighted by atomic mass is 19.4. The molecule has 0 spiro atoms. The molecular formula is C19H16F3N3O3. The molecule has 146 valence electrons. The van der Waals surface area contributed by atoms with Crippen molar-refractivity contribution in [3.05, 3.63) is 60.0 Å². The van der Waals surface area contributed by atoms with E-state index in [1.165, 1.54) is 6.07 Å². The van der Waals surface area contributed by atoms with Gasteiger partial charge in [-0.15, -0.1) is 0 Å². The number of carbonyl (C=O) groups is 1. The molecule has 0 aliphatic rings. The van der Waals surface area contributed by atoms with E-state index in [4.69, 9.17) is 9.47 Å². The smallest absolute Gasteiger partial charge is 0.433 e. The standard InChI is InChI=1S/C19H16F3N3O3/c1-27-9-8-23-18(26)16-5-2-12-10-13(3-6-15(12)25-16)28-14-4-7-17(24-11-14)19(20,21)22/h2-7,10-11H,8-9H2,1H3,(H,23,26). The number of nitrogens with zero attached hydrogens (tertiary/aromatic N) is 2. The van der Waals surface area contributed by atoms with Crippen molar-refractivity contribution < 1.29 is 27.4 Å². The van der Waals surface area contributed by atoms with Gasteiger partial charge in [-0.1, -0.05) is 6.07 Å². The van der Waals surface area contributed by atoms with Gasteiger partial charge in [0.1, 0.15) is 22.9 Å². The van der Waals surface area contributed by atoms with Gasteiger partial charge in [-0.25, -0.2) is 9.97 Å². The summed E-state index contributed by atoms with van der Waals surface area (Å²) in [6, 6.07) is 10.3. The Bertz CT molecular complexity index is 976. The number of rotatable bonds is 6. The molecule has 0 saturated heterocycles.